The van der Waals surface area contributed by atoms with Gasteiger partial charge in [0.2, 0.25) is 0 Å². The van der Waals surface area contributed by atoms with Gasteiger partial charge in [-0.25, -0.2) is 0 Å². The van der Waals surface area contributed by atoms with Gasteiger partial charge in [0.05, 0.1) is 6.61 Å². The van der Waals surface area contributed by atoms with Gasteiger partial charge >= 0.3 is 0 Å². The van der Waals surface area contributed by atoms with Crippen LogP contribution in [0, 0.1) is 5.41 Å². The normalized spacial score (nSPS) is 17.2. The van der Waals surface area contributed by atoms with Crippen LogP contribution in [-0.2, 0) is 0 Å². The quantitative estimate of drug-likeness (QED) is 0.801. The minimum absolute atomic E-state index is 0.0572. The topological polar surface area (TPSA) is 67.2 Å². The van der Waals surface area contributed by atoms with Crippen LogP contribution in [0.5, 0.6) is 0 Å². The summed E-state index contributed by atoms with van der Waals surface area (Å²) in [4.78, 5) is 12.0. The fraction of sp³-hybridized carbons (Fsp3) is 0.667. The molecule has 0 aromatic carbocycles. The number of rotatable bonds is 5. The number of aromatic nitrogens is 2. The Balaban J connectivity index is 1.97. The van der Waals surface area contributed by atoms with Gasteiger partial charge in [-0.15, -0.1) is 0 Å². The molecule has 2 rings (SSSR count). The first-order valence-electron chi connectivity index (χ1n) is 6.00. The number of hydrogen-bond donors (Lipinski definition) is 2. The number of hydrogen-bond acceptors (Lipinski definition) is 3. The number of nitrogens with zero attached hydrogens (tertiary/aromatic N) is 2. The second kappa shape index (κ2) is 4.49. The SMILES string of the molecule is CC(C)n1nccc1C(=O)NCC1(CO)CC1. The van der Waals surface area contributed by atoms with E-state index in [9.17, 15) is 9.90 Å². The molecular formula is C12H19N3O2. The summed E-state index contributed by atoms with van der Waals surface area (Å²) in [7, 11) is 0. The van der Waals surface area contributed by atoms with E-state index in [1.165, 1.54) is 0 Å². The van der Waals surface area contributed by atoms with E-state index in [0.717, 1.165) is 12.8 Å². The van der Waals surface area contributed by atoms with Crippen molar-refractivity contribution < 1.29 is 9.90 Å². The molecular weight excluding hydrogens is 218 g/mol. The first kappa shape index (κ1) is 12.1. The van der Waals surface area contributed by atoms with Crippen LogP contribution in [0.1, 0.15) is 43.2 Å². The largest absolute Gasteiger partial charge is 0.396 e. The maximum atomic E-state index is 12.0. The standard InChI is InChI=1S/C12H19N3O2/c1-9(2)15-10(3-6-14-15)11(17)13-7-12(8-16)4-5-12/h3,6,9,16H,4-5,7-8H2,1-2H3,(H,13,17). The molecule has 0 radical (unpaired) electrons. The summed E-state index contributed by atoms with van der Waals surface area (Å²) in [6.07, 6.45) is 3.62. The Labute approximate surface area is 101 Å². The van der Waals surface area contributed by atoms with Gasteiger partial charge in [-0.05, 0) is 32.8 Å². The molecule has 94 valence electrons. The summed E-state index contributed by atoms with van der Waals surface area (Å²) in [6.45, 7) is 4.67. The second-order valence-electron chi connectivity index (χ2n) is 5.10. The summed E-state index contributed by atoms with van der Waals surface area (Å²) < 4.78 is 1.70. The lowest BCUT2D eigenvalue weighted by atomic mass is 10.1. The molecule has 1 aliphatic carbocycles. The molecule has 0 aliphatic heterocycles. The zero-order valence-electron chi connectivity index (χ0n) is 10.3. The Bertz CT molecular complexity index is 408. The zero-order chi connectivity index (χ0) is 12.5. The Morgan fingerprint density at radius 3 is 2.88 bits per heavy atom. The van der Waals surface area contributed by atoms with Gasteiger partial charge in [0.25, 0.3) is 5.91 Å². The predicted molar refractivity (Wildman–Crippen MR) is 63.7 cm³/mol. The van der Waals surface area contributed by atoms with Crippen molar-refractivity contribution in [2.75, 3.05) is 13.2 Å². The van der Waals surface area contributed by atoms with Crippen LogP contribution in [0.15, 0.2) is 12.3 Å². The summed E-state index contributed by atoms with van der Waals surface area (Å²) in [6, 6.07) is 1.88. The van der Waals surface area contributed by atoms with Gasteiger partial charge in [-0.1, -0.05) is 0 Å². The summed E-state index contributed by atoms with van der Waals surface area (Å²) in [5.74, 6) is -0.115. The van der Waals surface area contributed by atoms with Crippen molar-refractivity contribution in [3.63, 3.8) is 0 Å². The molecule has 1 fully saturated rings. The molecule has 1 aromatic rings. The highest BCUT2D eigenvalue weighted by atomic mass is 16.3. The molecule has 17 heavy (non-hydrogen) atoms. The number of carbonyl (C=O) groups is 1. The molecule has 1 amide bonds. The van der Waals surface area contributed by atoms with E-state index in [1.54, 1.807) is 16.9 Å². The van der Waals surface area contributed by atoms with Crippen LogP contribution >= 0.6 is 0 Å². The molecule has 0 saturated heterocycles. The summed E-state index contributed by atoms with van der Waals surface area (Å²) in [5.41, 5.74) is 0.520. The van der Waals surface area contributed by atoms with Crippen molar-refractivity contribution in [3.05, 3.63) is 18.0 Å². The van der Waals surface area contributed by atoms with Crippen molar-refractivity contribution >= 4 is 5.91 Å². The van der Waals surface area contributed by atoms with Crippen molar-refractivity contribution in [1.29, 1.82) is 0 Å². The molecule has 0 spiro atoms. The highest BCUT2D eigenvalue weighted by Gasteiger charge is 2.42. The molecule has 1 aromatic heterocycles. The Morgan fingerprint density at radius 1 is 1.65 bits per heavy atom. The van der Waals surface area contributed by atoms with E-state index in [1.807, 2.05) is 13.8 Å². The highest BCUT2D eigenvalue weighted by molar-refractivity contribution is 5.92. The van der Waals surface area contributed by atoms with Crippen LogP contribution in [0.3, 0.4) is 0 Å². The third-order valence-corrected chi connectivity index (χ3v) is 3.31. The Morgan fingerprint density at radius 2 is 2.35 bits per heavy atom. The third-order valence-electron chi connectivity index (χ3n) is 3.31. The number of amides is 1. The van der Waals surface area contributed by atoms with Gasteiger partial charge in [-0.3, -0.25) is 9.48 Å². The smallest absolute Gasteiger partial charge is 0.269 e. The minimum atomic E-state index is -0.115. The van der Waals surface area contributed by atoms with Crippen LogP contribution in [0.4, 0.5) is 0 Å². The molecule has 0 atom stereocenters. The van der Waals surface area contributed by atoms with E-state index < -0.39 is 0 Å². The van der Waals surface area contributed by atoms with Gasteiger partial charge in [-0.2, -0.15) is 5.10 Å². The lowest BCUT2D eigenvalue weighted by Crippen LogP contribution is -2.33. The first-order chi connectivity index (χ1) is 8.08. The summed E-state index contributed by atoms with van der Waals surface area (Å²) in [5, 5.41) is 16.2. The molecule has 0 unspecified atom stereocenters. The van der Waals surface area contributed by atoms with Gasteiger partial charge in [0, 0.05) is 24.2 Å². The van der Waals surface area contributed by atoms with Crippen molar-refractivity contribution in [2.45, 2.75) is 32.7 Å². The van der Waals surface area contributed by atoms with E-state index in [-0.39, 0.29) is 24.0 Å². The van der Waals surface area contributed by atoms with E-state index >= 15 is 0 Å². The number of aliphatic hydroxyl groups is 1. The van der Waals surface area contributed by atoms with E-state index in [4.69, 9.17) is 0 Å². The zero-order valence-corrected chi connectivity index (χ0v) is 10.3. The Hall–Kier alpha value is -1.36. The number of carbonyl (C=O) groups excluding carboxylic acids is 1. The van der Waals surface area contributed by atoms with Crippen LogP contribution in [0.25, 0.3) is 0 Å². The fourth-order valence-electron chi connectivity index (χ4n) is 1.83. The average Bonchev–Trinajstić information content (AvgIpc) is 2.91. The van der Waals surface area contributed by atoms with Gasteiger partial charge in [0.15, 0.2) is 0 Å². The van der Waals surface area contributed by atoms with Crippen molar-refractivity contribution in [3.8, 4) is 0 Å². The van der Waals surface area contributed by atoms with Gasteiger partial charge in [0.1, 0.15) is 5.69 Å². The van der Waals surface area contributed by atoms with Crippen LogP contribution < -0.4 is 5.32 Å². The lowest BCUT2D eigenvalue weighted by Gasteiger charge is -2.14. The molecule has 0 bridgehead atoms. The van der Waals surface area contributed by atoms with E-state index in [0.29, 0.717) is 12.2 Å². The molecule has 1 aliphatic rings. The average molecular weight is 237 g/mol. The molecule has 2 N–H and O–H groups in total. The summed E-state index contributed by atoms with van der Waals surface area (Å²) >= 11 is 0. The van der Waals surface area contributed by atoms with Crippen molar-refractivity contribution in [1.82, 2.24) is 15.1 Å². The van der Waals surface area contributed by atoms with Crippen LogP contribution in [-0.4, -0.2) is 33.9 Å². The maximum absolute atomic E-state index is 12.0. The van der Waals surface area contributed by atoms with Gasteiger partial charge < -0.3 is 10.4 Å². The third kappa shape index (κ3) is 2.49. The monoisotopic (exact) mass is 237 g/mol. The lowest BCUT2D eigenvalue weighted by molar-refractivity contribution is 0.0922. The molecule has 1 saturated carbocycles. The second-order valence-corrected chi connectivity index (χ2v) is 5.10. The molecule has 5 heteroatoms. The molecule has 5 nitrogen and oxygen atoms in total. The number of nitrogens with one attached hydrogen (secondary N) is 1. The predicted octanol–water partition coefficient (Wildman–Crippen LogP) is 0.966. The molecule has 1 heterocycles. The van der Waals surface area contributed by atoms with Crippen molar-refractivity contribution in [2.24, 2.45) is 5.41 Å². The van der Waals surface area contributed by atoms with Crippen LogP contribution in [0.2, 0.25) is 0 Å². The minimum Gasteiger partial charge on any atom is -0.396 e. The highest BCUT2D eigenvalue weighted by Crippen LogP contribution is 2.44. The maximum Gasteiger partial charge on any atom is 0.269 e. The number of aliphatic hydroxyl groups excluding tert-OH is 1. The fourth-order valence-corrected chi connectivity index (χ4v) is 1.83. The Kier molecular flexibility index (Phi) is 3.19. The van der Waals surface area contributed by atoms with E-state index in [2.05, 4.69) is 10.4 Å². The first-order valence-corrected chi connectivity index (χ1v) is 6.00.